The van der Waals surface area contributed by atoms with Crippen molar-refractivity contribution in [1.82, 2.24) is 10.2 Å². The van der Waals surface area contributed by atoms with Gasteiger partial charge in [0.1, 0.15) is 5.82 Å². The first-order chi connectivity index (χ1) is 11.7. The van der Waals surface area contributed by atoms with Crippen molar-refractivity contribution in [1.29, 1.82) is 0 Å². The monoisotopic (exact) mass is 388 g/mol. The normalized spacial score (nSPS) is 15.5. The lowest BCUT2D eigenvalue weighted by molar-refractivity contribution is 0.102. The van der Waals surface area contributed by atoms with Gasteiger partial charge in [0.05, 0.1) is 0 Å². The highest BCUT2D eigenvalue weighted by molar-refractivity contribution is 9.10. The summed E-state index contributed by atoms with van der Waals surface area (Å²) in [6.07, 6.45) is 7.51. The summed E-state index contributed by atoms with van der Waals surface area (Å²) in [6, 6.07) is 11.4. The van der Waals surface area contributed by atoms with Crippen molar-refractivity contribution in [2.45, 2.75) is 44.6 Å². The average molecular weight is 389 g/mol. The van der Waals surface area contributed by atoms with Crippen LogP contribution in [0.2, 0.25) is 0 Å². The van der Waals surface area contributed by atoms with Crippen LogP contribution in [0.4, 0.5) is 11.5 Å². The van der Waals surface area contributed by atoms with E-state index in [0.717, 1.165) is 16.0 Å². The number of hydrogen-bond donors (Lipinski definition) is 2. The van der Waals surface area contributed by atoms with Crippen LogP contribution in [0.5, 0.6) is 0 Å². The van der Waals surface area contributed by atoms with Gasteiger partial charge >= 0.3 is 0 Å². The second-order valence-corrected chi connectivity index (χ2v) is 7.02. The van der Waals surface area contributed by atoms with Gasteiger partial charge in [0, 0.05) is 16.2 Å². The van der Waals surface area contributed by atoms with E-state index < -0.39 is 0 Å². The van der Waals surface area contributed by atoms with Crippen molar-refractivity contribution in [3.8, 4) is 0 Å². The maximum atomic E-state index is 12.2. The molecule has 1 aliphatic rings. The van der Waals surface area contributed by atoms with Crippen LogP contribution in [-0.2, 0) is 0 Å². The number of rotatable bonds is 4. The highest BCUT2D eigenvalue weighted by Crippen LogP contribution is 2.20. The van der Waals surface area contributed by atoms with E-state index in [2.05, 4.69) is 36.8 Å². The molecule has 1 aliphatic carbocycles. The number of benzene rings is 1. The van der Waals surface area contributed by atoms with E-state index in [1.807, 2.05) is 30.3 Å². The van der Waals surface area contributed by atoms with E-state index in [0.29, 0.717) is 11.7 Å². The van der Waals surface area contributed by atoms with Gasteiger partial charge in [-0.15, -0.1) is 10.2 Å². The largest absolute Gasteiger partial charge is 0.366 e. The number of anilines is 2. The molecule has 0 atom stereocenters. The first kappa shape index (κ1) is 16.9. The van der Waals surface area contributed by atoms with Crippen LogP contribution >= 0.6 is 15.9 Å². The zero-order chi connectivity index (χ0) is 16.8. The van der Waals surface area contributed by atoms with Gasteiger partial charge in [0.15, 0.2) is 5.69 Å². The van der Waals surface area contributed by atoms with E-state index in [-0.39, 0.29) is 5.91 Å². The van der Waals surface area contributed by atoms with Gasteiger partial charge in [-0.05, 0) is 43.2 Å². The summed E-state index contributed by atoms with van der Waals surface area (Å²) >= 11 is 3.38. The Hall–Kier alpha value is -1.95. The molecule has 0 spiro atoms. The lowest BCUT2D eigenvalue weighted by Crippen LogP contribution is -2.20. The molecule has 1 fully saturated rings. The fourth-order valence-electron chi connectivity index (χ4n) is 2.92. The number of carbonyl (C=O) groups excluding carboxylic acids is 1. The molecule has 6 heteroatoms. The quantitative estimate of drug-likeness (QED) is 0.749. The van der Waals surface area contributed by atoms with Gasteiger partial charge in [-0.1, -0.05) is 47.7 Å². The Bertz CT molecular complexity index is 682. The minimum Gasteiger partial charge on any atom is -0.366 e. The Labute approximate surface area is 150 Å². The van der Waals surface area contributed by atoms with Crippen LogP contribution in [0.25, 0.3) is 0 Å². The van der Waals surface area contributed by atoms with Crippen LogP contribution in [0.1, 0.15) is 49.0 Å². The lowest BCUT2D eigenvalue weighted by Gasteiger charge is -2.16. The molecule has 24 heavy (non-hydrogen) atoms. The Morgan fingerprint density at radius 1 is 1.04 bits per heavy atom. The first-order valence-corrected chi connectivity index (χ1v) is 9.17. The molecule has 1 aromatic carbocycles. The average Bonchev–Trinajstić information content (AvgIpc) is 2.84. The lowest BCUT2D eigenvalue weighted by atomic mass is 10.1. The summed E-state index contributed by atoms with van der Waals surface area (Å²) in [5, 5.41) is 14.5. The van der Waals surface area contributed by atoms with Crippen LogP contribution in [-0.4, -0.2) is 22.1 Å². The number of nitrogens with one attached hydrogen (secondary N) is 2. The molecule has 0 bridgehead atoms. The van der Waals surface area contributed by atoms with Crippen molar-refractivity contribution < 1.29 is 4.79 Å². The molecule has 2 N–H and O–H groups in total. The minimum atomic E-state index is -0.262. The fraction of sp³-hybridized carbons (Fsp3) is 0.389. The van der Waals surface area contributed by atoms with Crippen LogP contribution in [0, 0.1) is 0 Å². The van der Waals surface area contributed by atoms with E-state index >= 15 is 0 Å². The molecule has 5 nitrogen and oxygen atoms in total. The predicted molar refractivity (Wildman–Crippen MR) is 99.2 cm³/mol. The van der Waals surface area contributed by atoms with Crippen LogP contribution < -0.4 is 10.6 Å². The van der Waals surface area contributed by atoms with Gasteiger partial charge in [-0.3, -0.25) is 4.79 Å². The molecule has 1 heterocycles. The third-order valence-electron chi connectivity index (χ3n) is 4.19. The van der Waals surface area contributed by atoms with E-state index in [9.17, 15) is 4.79 Å². The number of hydrogen-bond acceptors (Lipinski definition) is 4. The summed E-state index contributed by atoms with van der Waals surface area (Å²) in [6.45, 7) is 0. The summed E-state index contributed by atoms with van der Waals surface area (Å²) < 4.78 is 0.911. The molecule has 0 radical (unpaired) electrons. The van der Waals surface area contributed by atoms with Crippen molar-refractivity contribution >= 4 is 33.3 Å². The number of halogens is 1. The highest BCUT2D eigenvalue weighted by atomic mass is 79.9. The standard InChI is InChI=1S/C18H21BrN4O/c19-13-6-5-9-15(12-13)21-18(24)16-10-11-17(23-22-16)20-14-7-3-1-2-4-8-14/h5-6,9-12,14H,1-4,7-8H2,(H,20,23)(H,21,24). The molecule has 0 unspecified atom stereocenters. The number of amides is 1. The smallest absolute Gasteiger partial charge is 0.276 e. The predicted octanol–water partition coefficient (Wildman–Crippen LogP) is 4.63. The molecule has 1 saturated carbocycles. The first-order valence-electron chi connectivity index (χ1n) is 8.38. The fourth-order valence-corrected chi connectivity index (χ4v) is 3.32. The van der Waals surface area contributed by atoms with Gasteiger partial charge in [-0.25, -0.2) is 0 Å². The Morgan fingerprint density at radius 2 is 1.83 bits per heavy atom. The Kier molecular flexibility index (Phi) is 5.80. The Balaban J connectivity index is 1.60. The highest BCUT2D eigenvalue weighted by Gasteiger charge is 2.14. The van der Waals surface area contributed by atoms with Gasteiger partial charge in [0.25, 0.3) is 5.91 Å². The van der Waals surface area contributed by atoms with Gasteiger partial charge in [-0.2, -0.15) is 0 Å². The molecule has 1 amide bonds. The van der Waals surface area contributed by atoms with Crippen molar-refractivity contribution in [3.05, 3.63) is 46.6 Å². The molecular weight excluding hydrogens is 368 g/mol. The van der Waals surface area contributed by atoms with Gasteiger partial charge in [0.2, 0.25) is 0 Å². The number of aromatic nitrogens is 2. The van der Waals surface area contributed by atoms with E-state index in [1.54, 1.807) is 6.07 Å². The maximum Gasteiger partial charge on any atom is 0.276 e. The molecule has 2 aromatic rings. The maximum absolute atomic E-state index is 12.2. The summed E-state index contributed by atoms with van der Waals surface area (Å²) in [5.74, 6) is 0.475. The van der Waals surface area contributed by atoms with E-state index in [4.69, 9.17) is 0 Å². The second-order valence-electron chi connectivity index (χ2n) is 6.10. The second kappa shape index (κ2) is 8.24. The molecule has 0 saturated heterocycles. The molecule has 0 aliphatic heterocycles. The minimum absolute atomic E-state index is 0.262. The topological polar surface area (TPSA) is 66.9 Å². The molecule has 3 rings (SSSR count). The molecular formula is C18H21BrN4O. The Morgan fingerprint density at radius 3 is 2.50 bits per heavy atom. The van der Waals surface area contributed by atoms with Crippen molar-refractivity contribution in [2.75, 3.05) is 10.6 Å². The zero-order valence-electron chi connectivity index (χ0n) is 13.5. The van der Waals surface area contributed by atoms with Crippen LogP contribution in [0.3, 0.4) is 0 Å². The van der Waals surface area contributed by atoms with E-state index in [1.165, 1.54) is 38.5 Å². The number of carbonyl (C=O) groups is 1. The van der Waals surface area contributed by atoms with Crippen molar-refractivity contribution in [2.24, 2.45) is 0 Å². The third kappa shape index (κ3) is 4.77. The SMILES string of the molecule is O=C(Nc1cccc(Br)c1)c1ccc(NC2CCCCCC2)nn1. The molecule has 1 aromatic heterocycles. The van der Waals surface area contributed by atoms with Crippen LogP contribution in [0.15, 0.2) is 40.9 Å². The third-order valence-corrected chi connectivity index (χ3v) is 4.68. The zero-order valence-corrected chi connectivity index (χ0v) is 15.1. The number of nitrogens with zero attached hydrogens (tertiary/aromatic N) is 2. The summed E-state index contributed by atoms with van der Waals surface area (Å²) in [5.41, 5.74) is 1.03. The summed E-state index contributed by atoms with van der Waals surface area (Å²) in [7, 11) is 0. The summed E-state index contributed by atoms with van der Waals surface area (Å²) in [4.78, 5) is 12.2. The van der Waals surface area contributed by atoms with Gasteiger partial charge < -0.3 is 10.6 Å². The molecule has 126 valence electrons. The van der Waals surface area contributed by atoms with Crippen molar-refractivity contribution in [3.63, 3.8) is 0 Å².